The third-order valence-corrected chi connectivity index (χ3v) is 9.46. The van der Waals surface area contributed by atoms with Gasteiger partial charge in [-0.15, -0.1) is 0 Å². The largest absolute Gasteiger partial charge is 0.497 e. The second-order valence-corrected chi connectivity index (χ2v) is 12.1. The van der Waals surface area contributed by atoms with Crippen molar-refractivity contribution in [2.75, 3.05) is 25.7 Å². The maximum atomic E-state index is 14.7. The summed E-state index contributed by atoms with van der Waals surface area (Å²) in [5.41, 5.74) is 3.23. The first kappa shape index (κ1) is 31.3. The Hall–Kier alpha value is -4.67. The topological polar surface area (TPSA) is 99.4 Å². The number of methoxy groups -OCH3 is 2. The van der Waals surface area contributed by atoms with Gasteiger partial charge in [-0.1, -0.05) is 72.7 Å². The van der Waals surface area contributed by atoms with Crippen LogP contribution in [0.3, 0.4) is 0 Å². The zero-order valence-electron chi connectivity index (χ0n) is 25.8. The quantitative estimate of drug-likeness (QED) is 0.231. The van der Waals surface area contributed by atoms with Crippen molar-refractivity contribution >= 4 is 46.1 Å². The summed E-state index contributed by atoms with van der Waals surface area (Å²) in [5, 5.41) is 0.544. The van der Waals surface area contributed by atoms with Crippen LogP contribution in [0.15, 0.2) is 87.8 Å². The summed E-state index contributed by atoms with van der Waals surface area (Å²) in [4.78, 5) is 49.4. The molecule has 0 bridgehead atoms. The van der Waals surface area contributed by atoms with Gasteiger partial charge in [0.25, 0.3) is 11.5 Å². The minimum Gasteiger partial charge on any atom is -0.497 e. The summed E-state index contributed by atoms with van der Waals surface area (Å²) in [6.45, 7) is 4.10. The first-order valence-corrected chi connectivity index (χ1v) is 16.1. The Kier molecular flexibility index (Phi) is 8.84. The minimum absolute atomic E-state index is 0.144. The van der Waals surface area contributed by atoms with Crippen LogP contribution < -0.4 is 29.3 Å². The van der Waals surface area contributed by atoms with Crippen LogP contribution >= 0.6 is 22.9 Å². The Labute approximate surface area is 274 Å². The van der Waals surface area contributed by atoms with Crippen molar-refractivity contribution in [3.05, 3.63) is 119 Å². The molecule has 0 unspecified atom stereocenters. The van der Waals surface area contributed by atoms with Crippen LogP contribution in [0.2, 0.25) is 5.02 Å². The van der Waals surface area contributed by atoms with Crippen LogP contribution in [0.25, 0.3) is 5.57 Å². The van der Waals surface area contributed by atoms with E-state index in [-0.39, 0.29) is 34.7 Å². The van der Waals surface area contributed by atoms with Crippen LogP contribution in [0.5, 0.6) is 11.5 Å². The number of esters is 1. The van der Waals surface area contributed by atoms with E-state index in [1.165, 1.54) is 11.7 Å². The molecule has 0 saturated carbocycles. The fraction of sp³-hybridized carbons (Fsp3) is 0.257. The molecule has 0 fully saturated rings. The number of aromatic nitrogens is 1. The molecule has 0 spiro atoms. The van der Waals surface area contributed by atoms with Gasteiger partial charge in [-0.3, -0.25) is 14.2 Å². The average Bonchev–Trinajstić information content (AvgIpc) is 3.53. The van der Waals surface area contributed by atoms with E-state index < -0.39 is 17.6 Å². The number of allylic oxidation sites excluding steroid dienone is 1. The number of thiazole rings is 1. The van der Waals surface area contributed by atoms with Gasteiger partial charge < -0.3 is 19.1 Å². The number of hydrogen-bond donors (Lipinski definition) is 0. The first-order valence-electron chi connectivity index (χ1n) is 14.9. The van der Waals surface area contributed by atoms with E-state index in [1.807, 2.05) is 49.4 Å². The molecule has 0 radical (unpaired) electrons. The number of para-hydroxylation sites is 1. The highest BCUT2D eigenvalue weighted by Gasteiger charge is 2.39. The van der Waals surface area contributed by atoms with E-state index in [1.54, 1.807) is 43.2 Å². The molecule has 3 aromatic carbocycles. The normalized spacial score (nSPS) is 16.6. The van der Waals surface area contributed by atoms with Gasteiger partial charge in [0, 0.05) is 16.1 Å². The summed E-state index contributed by atoms with van der Waals surface area (Å²) in [7, 11) is 3.07. The molecule has 4 aromatic rings. The van der Waals surface area contributed by atoms with Crippen molar-refractivity contribution in [1.82, 2.24) is 4.57 Å². The number of carbonyl (C=O) groups excluding carboxylic acids is 2. The number of benzene rings is 3. The molecule has 1 amide bonds. The number of amides is 1. The Balaban J connectivity index is 1.64. The van der Waals surface area contributed by atoms with Crippen molar-refractivity contribution < 1.29 is 23.8 Å². The highest BCUT2D eigenvalue weighted by molar-refractivity contribution is 7.07. The van der Waals surface area contributed by atoms with Gasteiger partial charge in [0.2, 0.25) is 0 Å². The van der Waals surface area contributed by atoms with E-state index >= 15 is 0 Å². The smallest absolute Gasteiger partial charge is 0.338 e. The lowest BCUT2D eigenvalue weighted by atomic mass is 9.93. The van der Waals surface area contributed by atoms with E-state index in [4.69, 9.17) is 30.8 Å². The van der Waals surface area contributed by atoms with E-state index in [0.29, 0.717) is 56.7 Å². The van der Waals surface area contributed by atoms with Crippen LogP contribution in [0.4, 0.5) is 5.69 Å². The van der Waals surface area contributed by atoms with Gasteiger partial charge in [0.15, 0.2) is 4.80 Å². The zero-order chi connectivity index (χ0) is 32.5. The maximum absolute atomic E-state index is 14.7. The molecule has 1 aromatic heterocycles. The third kappa shape index (κ3) is 5.31. The number of carbonyl (C=O) groups is 2. The number of nitrogens with zero attached hydrogens (tertiary/aromatic N) is 3. The molecule has 0 aliphatic carbocycles. The lowest BCUT2D eigenvalue weighted by Crippen LogP contribution is -2.41. The second kappa shape index (κ2) is 13.0. The number of ether oxygens (including phenoxy) is 3. The fourth-order valence-electron chi connectivity index (χ4n) is 5.97. The van der Waals surface area contributed by atoms with Gasteiger partial charge in [0.1, 0.15) is 22.1 Å². The third-order valence-electron chi connectivity index (χ3n) is 8.04. The molecule has 9 nitrogen and oxygen atoms in total. The molecule has 2 aliphatic heterocycles. The maximum Gasteiger partial charge on any atom is 0.338 e. The summed E-state index contributed by atoms with van der Waals surface area (Å²) in [6.07, 6.45) is 1.18. The van der Waals surface area contributed by atoms with Crippen LogP contribution in [-0.2, 0) is 20.9 Å². The SMILES string of the molecule is CCCC1=C(C(=O)OCC)[C@H](c2cc(OC)ccc2OC)n2c(s/c(=C3\C(=O)N(Cc4ccccc4Cl)c4ccccc43)c2=O)=N1. The van der Waals surface area contributed by atoms with E-state index in [0.717, 1.165) is 16.9 Å². The molecule has 3 heterocycles. The standard InChI is InChI=1S/C35H32ClN3O6S/c1-5-11-25-29(34(42)45-6-2)30(23-18-21(43-3)16-17-27(23)44-4)39-33(41)31(46-35(39)37-25)28-22-13-8-10-15-26(22)38(32(28)40)19-20-12-7-9-14-24(20)36/h7-10,12-18,30H,5-6,11,19H2,1-4H3/b31-28-/t30-/m0/s1. The molecule has 1 atom stereocenters. The number of hydrogen-bond acceptors (Lipinski definition) is 8. The number of anilines is 1. The Morgan fingerprint density at radius 2 is 1.76 bits per heavy atom. The average molecular weight is 658 g/mol. The molecule has 0 saturated heterocycles. The highest BCUT2D eigenvalue weighted by Crippen LogP contribution is 2.40. The summed E-state index contributed by atoms with van der Waals surface area (Å²) >= 11 is 7.61. The van der Waals surface area contributed by atoms with Crippen LogP contribution in [0, 0.1) is 0 Å². The Morgan fingerprint density at radius 1 is 1.00 bits per heavy atom. The van der Waals surface area contributed by atoms with E-state index in [2.05, 4.69) is 0 Å². The first-order chi connectivity index (χ1) is 22.3. The zero-order valence-corrected chi connectivity index (χ0v) is 27.4. The van der Waals surface area contributed by atoms with Crippen molar-refractivity contribution in [3.63, 3.8) is 0 Å². The predicted octanol–water partition coefficient (Wildman–Crippen LogP) is 5.17. The molecule has 46 heavy (non-hydrogen) atoms. The van der Waals surface area contributed by atoms with Crippen LogP contribution in [0.1, 0.15) is 49.4 Å². The van der Waals surface area contributed by atoms with Crippen molar-refractivity contribution in [1.29, 1.82) is 0 Å². The summed E-state index contributed by atoms with van der Waals surface area (Å²) in [6, 6.07) is 19.0. The number of fused-ring (bicyclic) bond motifs is 2. The van der Waals surface area contributed by atoms with Gasteiger partial charge in [-0.25, -0.2) is 9.79 Å². The fourth-order valence-corrected chi connectivity index (χ4v) is 7.28. The molecule has 0 N–H and O–H groups in total. The van der Waals surface area contributed by atoms with Crippen molar-refractivity contribution in [3.8, 4) is 11.5 Å². The van der Waals surface area contributed by atoms with Gasteiger partial charge in [0.05, 0.1) is 49.9 Å². The minimum atomic E-state index is -0.942. The number of halogens is 1. The van der Waals surface area contributed by atoms with E-state index in [9.17, 15) is 14.4 Å². The van der Waals surface area contributed by atoms with Gasteiger partial charge in [-0.2, -0.15) is 0 Å². The van der Waals surface area contributed by atoms with Crippen LogP contribution in [-0.4, -0.2) is 37.3 Å². The lowest BCUT2D eigenvalue weighted by molar-refractivity contribution is -0.139. The molecule has 2 aliphatic rings. The highest BCUT2D eigenvalue weighted by atomic mass is 35.5. The molecule has 6 rings (SSSR count). The summed E-state index contributed by atoms with van der Waals surface area (Å²) < 4.78 is 18.5. The Bertz CT molecular complexity index is 2080. The van der Waals surface area contributed by atoms with Crippen molar-refractivity contribution in [2.24, 2.45) is 4.99 Å². The number of rotatable bonds is 9. The van der Waals surface area contributed by atoms with Gasteiger partial charge >= 0.3 is 5.97 Å². The second-order valence-electron chi connectivity index (χ2n) is 10.7. The molecular weight excluding hydrogens is 626 g/mol. The van der Waals surface area contributed by atoms with Gasteiger partial charge in [-0.05, 0) is 49.2 Å². The molecular formula is C35H32ClN3O6S. The summed E-state index contributed by atoms with van der Waals surface area (Å²) in [5.74, 6) is 0.0842. The Morgan fingerprint density at radius 3 is 2.48 bits per heavy atom. The van der Waals surface area contributed by atoms with Crippen molar-refractivity contribution in [2.45, 2.75) is 39.3 Å². The molecule has 11 heteroatoms. The monoisotopic (exact) mass is 657 g/mol. The lowest BCUT2D eigenvalue weighted by Gasteiger charge is -2.27. The molecule has 236 valence electrons. The predicted molar refractivity (Wildman–Crippen MR) is 177 cm³/mol.